The van der Waals surface area contributed by atoms with Crippen molar-refractivity contribution in [2.24, 2.45) is 0 Å². The van der Waals surface area contributed by atoms with E-state index >= 15 is 0 Å². The minimum absolute atomic E-state index is 0.119. The normalized spacial score (nSPS) is 12.1. The van der Waals surface area contributed by atoms with Gasteiger partial charge >= 0.3 is 5.97 Å². The zero-order valence-electron chi connectivity index (χ0n) is 9.91. The van der Waals surface area contributed by atoms with Crippen LogP contribution in [0, 0.1) is 0 Å². The van der Waals surface area contributed by atoms with Crippen molar-refractivity contribution < 1.29 is 24.5 Å². The molecule has 98 valence electrons. The second-order valence-corrected chi connectivity index (χ2v) is 3.97. The largest absolute Gasteiger partial charge is 0.481 e. The van der Waals surface area contributed by atoms with Crippen LogP contribution in [0.5, 0.6) is 0 Å². The molecule has 0 unspecified atom stereocenters. The van der Waals surface area contributed by atoms with E-state index in [1.165, 1.54) is 0 Å². The fourth-order valence-electron chi connectivity index (χ4n) is 1.45. The number of carbonyl (C=O) groups excluding carboxylic acids is 1. The van der Waals surface area contributed by atoms with Crippen LogP contribution in [0.3, 0.4) is 0 Å². The summed E-state index contributed by atoms with van der Waals surface area (Å²) in [6.45, 7) is 0.202. The first-order valence-corrected chi connectivity index (χ1v) is 5.61. The number of hydrogen-bond acceptors (Lipinski definition) is 4. The molecule has 0 bridgehead atoms. The van der Waals surface area contributed by atoms with Crippen LogP contribution in [0.25, 0.3) is 0 Å². The number of ether oxygens (including phenoxy) is 1. The maximum atomic E-state index is 11.3. The number of rotatable bonds is 8. The van der Waals surface area contributed by atoms with Gasteiger partial charge in [0.2, 0.25) is 0 Å². The number of aliphatic hydroxyl groups excluding tert-OH is 1. The predicted octanol–water partition coefficient (Wildman–Crippen LogP) is 0.998. The quantitative estimate of drug-likeness (QED) is 0.721. The molecule has 0 fully saturated rings. The van der Waals surface area contributed by atoms with E-state index < -0.39 is 18.5 Å². The van der Waals surface area contributed by atoms with E-state index in [2.05, 4.69) is 0 Å². The zero-order valence-corrected chi connectivity index (χ0v) is 9.91. The highest BCUT2D eigenvalue weighted by Crippen LogP contribution is 2.03. The Bertz CT molecular complexity index is 388. The molecule has 0 spiro atoms. The third-order valence-electron chi connectivity index (χ3n) is 2.25. The molecule has 0 aromatic heterocycles. The Hall–Kier alpha value is -1.72. The minimum atomic E-state index is -1.14. The van der Waals surface area contributed by atoms with Crippen LogP contribution >= 0.6 is 0 Å². The number of carbonyl (C=O) groups is 2. The molecule has 5 heteroatoms. The van der Waals surface area contributed by atoms with Crippen molar-refractivity contribution >= 4 is 11.8 Å². The monoisotopic (exact) mass is 252 g/mol. The third-order valence-corrected chi connectivity index (χ3v) is 2.25. The molecule has 0 saturated carbocycles. The smallest absolute Gasteiger partial charge is 0.305 e. The number of carboxylic acid groups (broad SMARTS) is 1. The first-order chi connectivity index (χ1) is 8.58. The van der Waals surface area contributed by atoms with Gasteiger partial charge in [-0.15, -0.1) is 0 Å². The highest BCUT2D eigenvalue weighted by molar-refractivity contribution is 5.80. The van der Waals surface area contributed by atoms with Crippen molar-refractivity contribution in [1.29, 1.82) is 0 Å². The van der Waals surface area contributed by atoms with Crippen molar-refractivity contribution in [3.05, 3.63) is 35.9 Å². The predicted molar refractivity (Wildman–Crippen MR) is 64.0 cm³/mol. The molecule has 0 aliphatic rings. The second-order valence-electron chi connectivity index (χ2n) is 3.97. The molecular weight excluding hydrogens is 236 g/mol. The molecule has 1 atom stereocenters. The summed E-state index contributed by atoms with van der Waals surface area (Å²) in [5.41, 5.74) is 0.955. The SMILES string of the molecule is O=C(O)C[C@H](O)CC(=O)COCc1ccccc1. The summed E-state index contributed by atoms with van der Waals surface area (Å²) in [6, 6.07) is 9.39. The Morgan fingerprint density at radius 3 is 2.44 bits per heavy atom. The summed E-state index contributed by atoms with van der Waals surface area (Å²) in [5, 5.41) is 17.7. The first kappa shape index (κ1) is 14.3. The molecule has 0 saturated heterocycles. The Morgan fingerprint density at radius 1 is 1.17 bits per heavy atom. The Morgan fingerprint density at radius 2 is 1.83 bits per heavy atom. The molecule has 0 aliphatic carbocycles. The number of hydrogen-bond donors (Lipinski definition) is 2. The standard InChI is InChI=1S/C13H16O5/c14-11(7-13(16)17)6-12(15)9-18-8-10-4-2-1-3-5-10/h1-5,11,14H,6-9H2,(H,16,17)/t11-/m1/s1. The molecule has 0 amide bonds. The van der Waals surface area contributed by atoms with Gasteiger partial charge in [-0.2, -0.15) is 0 Å². The number of aliphatic hydroxyl groups is 1. The van der Waals surface area contributed by atoms with E-state index in [0.717, 1.165) is 5.56 Å². The highest BCUT2D eigenvalue weighted by atomic mass is 16.5. The summed E-state index contributed by atoms with van der Waals surface area (Å²) in [4.78, 5) is 21.6. The fraction of sp³-hybridized carbons (Fsp3) is 0.385. The van der Waals surface area contributed by atoms with Gasteiger partial charge in [-0.3, -0.25) is 9.59 Å². The van der Waals surface area contributed by atoms with E-state index in [0.29, 0.717) is 6.61 Å². The van der Waals surface area contributed by atoms with Gasteiger partial charge in [-0.05, 0) is 5.56 Å². The molecule has 1 aromatic carbocycles. The summed E-state index contributed by atoms with van der Waals surface area (Å²) in [5.74, 6) is -1.43. The van der Waals surface area contributed by atoms with Gasteiger partial charge in [-0.1, -0.05) is 30.3 Å². The van der Waals surface area contributed by atoms with E-state index in [9.17, 15) is 14.7 Å². The van der Waals surface area contributed by atoms with E-state index in [1.54, 1.807) is 0 Å². The van der Waals surface area contributed by atoms with Crippen molar-refractivity contribution in [3.8, 4) is 0 Å². The number of Topliss-reactive ketones (excluding diaryl/α,β-unsaturated/α-hetero) is 1. The van der Waals surface area contributed by atoms with Crippen LogP contribution in [0.4, 0.5) is 0 Å². The molecular formula is C13H16O5. The first-order valence-electron chi connectivity index (χ1n) is 5.61. The number of ketones is 1. The van der Waals surface area contributed by atoms with Crippen molar-refractivity contribution in [3.63, 3.8) is 0 Å². The van der Waals surface area contributed by atoms with Gasteiger partial charge in [0, 0.05) is 6.42 Å². The number of benzene rings is 1. The van der Waals surface area contributed by atoms with E-state index in [1.807, 2.05) is 30.3 Å². The lowest BCUT2D eigenvalue weighted by molar-refractivity contribution is -0.139. The number of aliphatic carboxylic acids is 1. The fourth-order valence-corrected chi connectivity index (χ4v) is 1.45. The molecule has 18 heavy (non-hydrogen) atoms. The van der Waals surface area contributed by atoms with Crippen LogP contribution in [-0.2, 0) is 20.9 Å². The summed E-state index contributed by atoms with van der Waals surface area (Å²) >= 11 is 0. The minimum Gasteiger partial charge on any atom is -0.481 e. The van der Waals surface area contributed by atoms with Crippen LogP contribution < -0.4 is 0 Å². The third kappa shape index (κ3) is 6.12. The zero-order chi connectivity index (χ0) is 13.4. The van der Waals surface area contributed by atoms with Gasteiger partial charge in [0.1, 0.15) is 6.61 Å². The van der Waals surface area contributed by atoms with Gasteiger partial charge in [0.05, 0.1) is 19.1 Å². The summed E-state index contributed by atoms with van der Waals surface area (Å²) in [7, 11) is 0. The van der Waals surface area contributed by atoms with Crippen LogP contribution in [-0.4, -0.2) is 34.7 Å². The molecule has 1 rings (SSSR count). The maximum absolute atomic E-state index is 11.3. The molecule has 0 aliphatic heterocycles. The maximum Gasteiger partial charge on any atom is 0.305 e. The van der Waals surface area contributed by atoms with Crippen LogP contribution in [0.2, 0.25) is 0 Å². The summed E-state index contributed by atoms with van der Waals surface area (Å²) < 4.78 is 5.18. The Balaban J connectivity index is 2.19. The average molecular weight is 252 g/mol. The van der Waals surface area contributed by atoms with Gasteiger partial charge < -0.3 is 14.9 Å². The number of carboxylic acids is 1. The topological polar surface area (TPSA) is 83.8 Å². The lowest BCUT2D eigenvalue weighted by Crippen LogP contribution is -2.20. The molecule has 1 aromatic rings. The molecule has 0 heterocycles. The lowest BCUT2D eigenvalue weighted by atomic mass is 10.1. The highest BCUT2D eigenvalue weighted by Gasteiger charge is 2.14. The van der Waals surface area contributed by atoms with E-state index in [4.69, 9.17) is 9.84 Å². The molecule has 5 nitrogen and oxygen atoms in total. The van der Waals surface area contributed by atoms with Crippen LogP contribution in [0.15, 0.2) is 30.3 Å². The van der Waals surface area contributed by atoms with Crippen molar-refractivity contribution in [1.82, 2.24) is 0 Å². The molecule has 2 N–H and O–H groups in total. The van der Waals surface area contributed by atoms with Gasteiger partial charge in [0.25, 0.3) is 0 Å². The van der Waals surface area contributed by atoms with Gasteiger partial charge in [0.15, 0.2) is 5.78 Å². The Labute approximate surface area is 105 Å². The van der Waals surface area contributed by atoms with Crippen LogP contribution in [0.1, 0.15) is 18.4 Å². The average Bonchev–Trinajstić information content (AvgIpc) is 2.29. The lowest BCUT2D eigenvalue weighted by Gasteiger charge is -2.07. The Kier molecular flexibility index (Phi) is 6.04. The molecule has 0 radical (unpaired) electrons. The second kappa shape index (κ2) is 7.58. The van der Waals surface area contributed by atoms with Gasteiger partial charge in [-0.25, -0.2) is 0 Å². The van der Waals surface area contributed by atoms with Crippen molar-refractivity contribution in [2.75, 3.05) is 6.61 Å². The van der Waals surface area contributed by atoms with Crippen molar-refractivity contribution in [2.45, 2.75) is 25.6 Å². The van der Waals surface area contributed by atoms with E-state index in [-0.39, 0.29) is 18.8 Å². The summed E-state index contributed by atoms with van der Waals surface area (Å²) in [6.07, 6.45) is -1.76.